The average Bonchev–Trinajstić information content (AvgIpc) is 3.52. The fraction of sp³-hybridized carbons (Fsp3) is 0.222. The number of thioether (sulfide) groups is 1. The van der Waals surface area contributed by atoms with Gasteiger partial charge in [0.05, 0.1) is 18.8 Å². The molecule has 5 aromatic rings. The van der Waals surface area contributed by atoms with Gasteiger partial charge in [-0.1, -0.05) is 102 Å². The van der Waals surface area contributed by atoms with Crippen LogP contribution in [-0.2, 0) is 16.1 Å². The van der Waals surface area contributed by atoms with Gasteiger partial charge in [-0.25, -0.2) is 0 Å². The number of rotatable bonds is 10. The predicted octanol–water partition coefficient (Wildman–Crippen LogP) is 7.53. The van der Waals surface area contributed by atoms with Gasteiger partial charge in [0.2, 0.25) is 0 Å². The second-order valence-electron chi connectivity index (χ2n) is 11.0. The normalized spacial score (nSPS) is 19.5. The van der Waals surface area contributed by atoms with Gasteiger partial charge in [-0.15, -0.1) is 10.2 Å². The number of aryl methyl sites for hydroxylation is 1. The maximum atomic E-state index is 13.3. The van der Waals surface area contributed by atoms with E-state index in [1.165, 1.54) is 6.92 Å². The third-order valence-corrected chi connectivity index (χ3v) is 9.86. The molecule has 0 bridgehead atoms. The molecule has 1 aromatic heterocycles. The zero-order chi connectivity index (χ0) is 32.0. The number of carbonyl (C=O) groups is 2. The number of nitrogens with one attached hydrogen (secondary N) is 1. The van der Waals surface area contributed by atoms with Crippen molar-refractivity contribution in [1.29, 1.82) is 0 Å². The molecular weight excluding hydrogens is 619 g/mol. The van der Waals surface area contributed by atoms with E-state index in [0.717, 1.165) is 26.0 Å². The zero-order valence-electron chi connectivity index (χ0n) is 25.3. The summed E-state index contributed by atoms with van der Waals surface area (Å²) in [6.07, 6.45) is -1.44. The number of aromatic nitrogens is 2. The van der Waals surface area contributed by atoms with E-state index in [1.807, 2.05) is 61.5 Å². The van der Waals surface area contributed by atoms with Gasteiger partial charge in [-0.2, -0.15) is 0 Å². The molecule has 0 spiro atoms. The molecule has 6 rings (SSSR count). The van der Waals surface area contributed by atoms with E-state index >= 15 is 0 Å². The number of hydrogen-bond donors (Lipinski definition) is 2. The fourth-order valence-corrected chi connectivity index (χ4v) is 7.40. The zero-order valence-corrected chi connectivity index (χ0v) is 27.0. The highest BCUT2D eigenvalue weighted by Crippen LogP contribution is 2.48. The molecule has 46 heavy (non-hydrogen) atoms. The Bertz CT molecular complexity index is 1810. The van der Waals surface area contributed by atoms with Crippen LogP contribution in [0.25, 0.3) is 0 Å². The second-order valence-corrected chi connectivity index (χ2v) is 13.5. The number of anilines is 1. The smallest absolute Gasteiger partial charge is 0.255 e. The molecule has 234 valence electrons. The van der Waals surface area contributed by atoms with Crippen molar-refractivity contribution in [2.75, 3.05) is 11.1 Å². The maximum Gasteiger partial charge on any atom is 0.255 e. The first kappa shape index (κ1) is 31.8. The van der Waals surface area contributed by atoms with Gasteiger partial charge in [-0.3, -0.25) is 9.59 Å². The van der Waals surface area contributed by atoms with E-state index in [2.05, 4.69) is 27.6 Å². The van der Waals surface area contributed by atoms with E-state index in [-0.39, 0.29) is 36.4 Å². The molecule has 4 unspecified atom stereocenters. The SMILES string of the molecule is CC(=O)c1cccc(NC(=O)c2cccc(C3OC(CSc4nnc(C)s4)C(c4ccccc4)C(c4ccc(CO)cc4)O3)c2)c1. The Labute approximate surface area is 275 Å². The molecule has 1 amide bonds. The van der Waals surface area contributed by atoms with E-state index < -0.39 is 6.29 Å². The molecule has 4 aromatic carbocycles. The van der Waals surface area contributed by atoms with Crippen LogP contribution in [0.5, 0.6) is 0 Å². The van der Waals surface area contributed by atoms with E-state index in [0.29, 0.717) is 28.1 Å². The first-order valence-electron chi connectivity index (χ1n) is 14.9. The van der Waals surface area contributed by atoms with Crippen molar-refractivity contribution in [1.82, 2.24) is 10.2 Å². The first-order chi connectivity index (χ1) is 22.4. The highest BCUT2D eigenvalue weighted by atomic mass is 32.2. The number of ketones is 1. The summed E-state index contributed by atoms with van der Waals surface area (Å²) in [4.78, 5) is 25.2. The Balaban J connectivity index is 1.33. The Kier molecular flexibility index (Phi) is 10.0. The number of aliphatic hydroxyl groups excluding tert-OH is 1. The van der Waals surface area contributed by atoms with Crippen LogP contribution in [0, 0.1) is 6.92 Å². The van der Waals surface area contributed by atoms with Crippen molar-refractivity contribution in [3.8, 4) is 0 Å². The van der Waals surface area contributed by atoms with Crippen molar-refractivity contribution in [2.24, 2.45) is 0 Å². The Morgan fingerprint density at radius 3 is 2.30 bits per heavy atom. The van der Waals surface area contributed by atoms with E-state index in [1.54, 1.807) is 59.5 Å². The third-order valence-electron chi connectivity index (χ3n) is 7.80. The molecule has 1 aliphatic heterocycles. The number of aliphatic hydroxyl groups is 1. The van der Waals surface area contributed by atoms with Gasteiger partial charge in [0.1, 0.15) is 5.01 Å². The third kappa shape index (κ3) is 7.43. The summed E-state index contributed by atoms with van der Waals surface area (Å²) in [7, 11) is 0. The van der Waals surface area contributed by atoms with Crippen LogP contribution < -0.4 is 5.32 Å². The molecule has 1 fully saturated rings. The molecule has 2 N–H and O–H groups in total. The lowest BCUT2D eigenvalue weighted by Crippen LogP contribution is -2.38. The average molecular weight is 652 g/mol. The monoisotopic (exact) mass is 651 g/mol. The van der Waals surface area contributed by atoms with Crippen LogP contribution in [0.1, 0.15) is 73.2 Å². The van der Waals surface area contributed by atoms with Gasteiger partial charge >= 0.3 is 0 Å². The molecule has 1 saturated heterocycles. The van der Waals surface area contributed by atoms with Crippen molar-refractivity contribution in [3.63, 3.8) is 0 Å². The number of ether oxygens (including phenoxy) is 2. The summed E-state index contributed by atoms with van der Waals surface area (Å²) in [5, 5.41) is 22.0. The number of Topliss-reactive ketones (excluding diaryl/α,β-unsaturated/α-hetero) is 1. The number of nitrogens with zero attached hydrogens (tertiary/aromatic N) is 2. The van der Waals surface area contributed by atoms with Gasteiger partial charge in [0, 0.05) is 34.0 Å². The summed E-state index contributed by atoms with van der Waals surface area (Å²) in [6.45, 7) is 3.38. The molecule has 0 aliphatic carbocycles. The number of amides is 1. The minimum Gasteiger partial charge on any atom is -0.392 e. The molecule has 0 radical (unpaired) electrons. The van der Waals surface area contributed by atoms with E-state index in [9.17, 15) is 14.7 Å². The van der Waals surface area contributed by atoms with Gasteiger partial charge < -0.3 is 19.9 Å². The summed E-state index contributed by atoms with van der Waals surface area (Å²) < 4.78 is 14.4. The van der Waals surface area contributed by atoms with Crippen LogP contribution in [0.2, 0.25) is 0 Å². The van der Waals surface area contributed by atoms with Crippen molar-refractivity contribution >= 4 is 40.5 Å². The summed E-state index contributed by atoms with van der Waals surface area (Å²) in [6, 6.07) is 32.1. The van der Waals surface area contributed by atoms with Crippen molar-refractivity contribution in [3.05, 3.63) is 142 Å². The lowest BCUT2D eigenvalue weighted by atomic mass is 9.84. The second kappa shape index (κ2) is 14.5. The lowest BCUT2D eigenvalue weighted by Gasteiger charge is -2.43. The van der Waals surface area contributed by atoms with Gasteiger partial charge in [0.25, 0.3) is 5.91 Å². The molecule has 2 heterocycles. The minimum absolute atomic E-state index is 0.0475. The van der Waals surface area contributed by atoms with Gasteiger partial charge in [-0.05, 0) is 54.8 Å². The number of benzene rings is 4. The van der Waals surface area contributed by atoms with Crippen molar-refractivity contribution < 1.29 is 24.2 Å². The topological polar surface area (TPSA) is 111 Å². The molecule has 0 saturated carbocycles. The lowest BCUT2D eigenvalue weighted by molar-refractivity contribution is -0.255. The van der Waals surface area contributed by atoms with Crippen LogP contribution in [0.3, 0.4) is 0 Å². The predicted molar refractivity (Wildman–Crippen MR) is 179 cm³/mol. The number of hydrogen-bond acceptors (Lipinski definition) is 9. The highest BCUT2D eigenvalue weighted by Gasteiger charge is 2.42. The summed E-state index contributed by atoms with van der Waals surface area (Å²) in [5.74, 6) is 0.0637. The van der Waals surface area contributed by atoms with E-state index in [4.69, 9.17) is 9.47 Å². The molecule has 8 nitrogen and oxygen atoms in total. The summed E-state index contributed by atoms with van der Waals surface area (Å²) in [5.41, 5.74) is 5.05. The Morgan fingerprint density at radius 1 is 0.848 bits per heavy atom. The molecule has 4 atom stereocenters. The number of carbonyl (C=O) groups excluding carboxylic acids is 2. The fourth-order valence-electron chi connectivity index (χ4n) is 5.49. The Morgan fingerprint density at radius 2 is 1.59 bits per heavy atom. The largest absolute Gasteiger partial charge is 0.392 e. The standard InChI is InChI=1S/C36H33N3O5S2/c1-22(41)27-10-7-13-30(19-27)37-34(42)28-11-6-12-29(18-28)35-43-31(21-45-36-39-38-23(2)46-36)32(25-8-4-3-5-9-25)33(44-35)26-16-14-24(20-40)15-17-26/h3-19,31-33,35,40H,20-21H2,1-2H3,(H,37,42). The highest BCUT2D eigenvalue weighted by molar-refractivity contribution is 8.01. The molecule has 10 heteroatoms. The van der Waals surface area contributed by atoms with Crippen LogP contribution in [-0.4, -0.2) is 38.9 Å². The van der Waals surface area contributed by atoms with Crippen molar-refractivity contribution in [2.45, 2.75) is 49.2 Å². The van der Waals surface area contributed by atoms with Crippen LogP contribution in [0.15, 0.2) is 107 Å². The molecule has 1 aliphatic rings. The Hall–Kier alpha value is -4.19. The van der Waals surface area contributed by atoms with Crippen LogP contribution in [0.4, 0.5) is 5.69 Å². The minimum atomic E-state index is -0.766. The van der Waals surface area contributed by atoms with Gasteiger partial charge in [0.15, 0.2) is 16.4 Å². The van der Waals surface area contributed by atoms with Crippen LogP contribution >= 0.6 is 23.1 Å². The maximum absolute atomic E-state index is 13.3. The molecular formula is C36H33N3O5S2. The first-order valence-corrected chi connectivity index (χ1v) is 16.7. The quantitative estimate of drug-likeness (QED) is 0.118. The summed E-state index contributed by atoms with van der Waals surface area (Å²) >= 11 is 3.15.